The molecule has 2 aliphatic rings. The predicted molar refractivity (Wildman–Crippen MR) is 300 cm³/mol. The summed E-state index contributed by atoms with van der Waals surface area (Å²) < 4.78 is 149. The number of ether oxygens (including phenoxy) is 1. The Morgan fingerprint density at radius 2 is 1.42 bits per heavy atom. The Morgan fingerprint density at radius 1 is 0.795 bits per heavy atom. The van der Waals surface area contributed by atoms with Gasteiger partial charge in [-0.1, -0.05) is 41.9 Å². The molecule has 0 amide bonds. The molecule has 0 radical (unpaired) electrons. The fourth-order valence-electron chi connectivity index (χ4n) is 10.2. The third kappa shape index (κ3) is 13.3. The van der Waals surface area contributed by atoms with E-state index in [1.54, 1.807) is 37.3 Å². The Labute approximate surface area is 463 Å². The number of nitrogens with one attached hydrogen (secondary N) is 2. The molecule has 2 aliphatic heterocycles. The van der Waals surface area contributed by atoms with Crippen LogP contribution in [0.5, 0.6) is 0 Å². The van der Waals surface area contributed by atoms with Crippen molar-refractivity contribution in [1.82, 2.24) is 9.47 Å². The van der Waals surface area contributed by atoms with Gasteiger partial charge in [0.2, 0.25) is 0 Å². The van der Waals surface area contributed by atoms with E-state index in [0.29, 0.717) is 121 Å². The highest BCUT2D eigenvalue weighted by molar-refractivity contribution is 7.99. The van der Waals surface area contributed by atoms with E-state index in [9.17, 15) is 43.2 Å². The minimum absolute atomic E-state index is 0.0636. The first-order valence-corrected chi connectivity index (χ1v) is 31.4. The van der Waals surface area contributed by atoms with Gasteiger partial charge >= 0.3 is 11.5 Å². The monoisotopic (exact) mass is 1170 g/mol. The standard InChI is InChI=1S/C55H61ClF4N6O8S4/c1-36(2)66-37(3)53(76(5,68)69)51(52(66)38-11-13-41(56)14-12-38)40-31-42(57)33-46(32-40)65-29-27-64(28-30-65)45-17-15-43(16-18-45)62-78(72,73)48-19-20-49(50(34-48)77(70,71)55(58,59)60)61-44(35-75-47-9-7-6-8-10-47)23-26-63-24-21-39(22-25-63)54(67)74-4/h6-20,31-34,36,39,44,61-62H,21-30,35H2,1-5H3/t44-/m1/s1. The third-order valence-corrected chi connectivity index (χ3v) is 19.6. The number of aromatic nitrogens is 1. The van der Waals surface area contributed by atoms with Crippen LogP contribution >= 0.6 is 23.4 Å². The largest absolute Gasteiger partial charge is 0.501 e. The van der Waals surface area contributed by atoms with Crippen LogP contribution in [0, 0.1) is 18.7 Å². The maximum atomic E-state index is 15.8. The van der Waals surface area contributed by atoms with Gasteiger partial charge in [-0.25, -0.2) is 29.6 Å². The number of esters is 1. The van der Waals surface area contributed by atoms with Gasteiger partial charge in [-0.2, -0.15) is 13.2 Å². The maximum absolute atomic E-state index is 15.8. The summed E-state index contributed by atoms with van der Waals surface area (Å²) in [6.07, 6.45) is 2.68. The molecule has 8 rings (SSSR count). The molecule has 0 bridgehead atoms. The average molecular weight is 1170 g/mol. The molecule has 0 aliphatic carbocycles. The highest BCUT2D eigenvalue weighted by Gasteiger charge is 2.48. The number of benzene rings is 5. The summed E-state index contributed by atoms with van der Waals surface area (Å²) in [7, 11) is -13.2. The van der Waals surface area contributed by atoms with Gasteiger partial charge in [0.05, 0.1) is 34.2 Å². The van der Waals surface area contributed by atoms with Crippen molar-refractivity contribution in [1.29, 1.82) is 0 Å². The van der Waals surface area contributed by atoms with Crippen LogP contribution < -0.4 is 19.8 Å². The summed E-state index contributed by atoms with van der Waals surface area (Å²) in [5, 5.41) is 3.52. The molecular formula is C55H61ClF4N6O8S4. The summed E-state index contributed by atoms with van der Waals surface area (Å²) in [5.74, 6) is -0.733. The number of sulfonamides is 1. The van der Waals surface area contributed by atoms with Crippen molar-refractivity contribution in [3.05, 3.63) is 132 Å². The fraction of sp³-hybridized carbons (Fsp3) is 0.364. The minimum Gasteiger partial charge on any atom is -0.469 e. The van der Waals surface area contributed by atoms with E-state index in [1.807, 2.05) is 70.7 Å². The Morgan fingerprint density at radius 3 is 2.01 bits per heavy atom. The van der Waals surface area contributed by atoms with Gasteiger partial charge in [-0.3, -0.25) is 9.52 Å². The lowest BCUT2D eigenvalue weighted by Gasteiger charge is -2.37. The number of thioether (sulfide) groups is 1. The van der Waals surface area contributed by atoms with Crippen LogP contribution in [0.15, 0.2) is 135 Å². The van der Waals surface area contributed by atoms with Crippen LogP contribution in [0.3, 0.4) is 0 Å². The smallest absolute Gasteiger partial charge is 0.469 e. The number of anilines is 4. The van der Waals surface area contributed by atoms with Crippen LogP contribution in [-0.4, -0.2) is 117 Å². The van der Waals surface area contributed by atoms with Gasteiger partial charge in [-0.05, 0) is 149 Å². The van der Waals surface area contributed by atoms with E-state index < -0.39 is 62.5 Å². The number of sulfone groups is 2. The minimum atomic E-state index is -6.08. The van der Waals surface area contributed by atoms with Crippen LogP contribution in [0.25, 0.3) is 22.4 Å². The zero-order valence-electron chi connectivity index (χ0n) is 43.6. The van der Waals surface area contributed by atoms with Gasteiger partial charge < -0.3 is 29.3 Å². The number of hydrogen-bond acceptors (Lipinski definition) is 13. The summed E-state index contributed by atoms with van der Waals surface area (Å²) in [6.45, 7) is 9.11. The Hall–Kier alpha value is -5.78. The SMILES string of the molecule is COC(=O)C1CCN(CC[C@H](CSc2ccccc2)Nc2ccc(S(=O)(=O)Nc3ccc(N4CCN(c5cc(F)cc(-c6c(S(C)(=O)=O)c(C)n(C(C)C)c6-c6ccc(Cl)cc6)c5)CC4)cc3)cc2S(=O)(=O)C(F)(F)F)CC1. The lowest BCUT2D eigenvalue weighted by Crippen LogP contribution is -2.46. The van der Waals surface area contributed by atoms with E-state index >= 15 is 4.39 Å². The summed E-state index contributed by atoms with van der Waals surface area (Å²) in [4.78, 5) is 17.3. The first-order valence-electron chi connectivity index (χ1n) is 25.2. The van der Waals surface area contributed by atoms with Crippen molar-refractivity contribution in [2.45, 2.75) is 77.2 Å². The highest BCUT2D eigenvalue weighted by atomic mass is 35.5. The Bertz CT molecular complexity index is 3460. The maximum Gasteiger partial charge on any atom is 0.501 e. The lowest BCUT2D eigenvalue weighted by atomic mass is 9.97. The number of piperazine rings is 1. The Kier molecular flexibility index (Phi) is 17.9. The van der Waals surface area contributed by atoms with Crippen LogP contribution in [0.4, 0.5) is 40.3 Å². The average Bonchev–Trinajstić information content (AvgIpc) is 3.79. The van der Waals surface area contributed by atoms with Gasteiger partial charge in [0.1, 0.15) is 10.7 Å². The summed E-state index contributed by atoms with van der Waals surface area (Å²) >= 11 is 7.67. The lowest BCUT2D eigenvalue weighted by molar-refractivity contribution is -0.147. The van der Waals surface area contributed by atoms with Gasteiger partial charge in [0.15, 0.2) is 9.84 Å². The molecule has 3 heterocycles. The van der Waals surface area contributed by atoms with E-state index in [4.69, 9.17) is 16.3 Å². The second-order valence-corrected chi connectivity index (χ2v) is 26.8. The number of halogens is 5. The molecular weight excluding hydrogens is 1110 g/mol. The van der Waals surface area contributed by atoms with Crippen molar-refractivity contribution >= 4 is 81.8 Å². The van der Waals surface area contributed by atoms with Crippen molar-refractivity contribution in [2.75, 3.05) is 84.8 Å². The highest BCUT2D eigenvalue weighted by Crippen LogP contribution is 2.45. The number of methoxy groups -OCH3 is 1. The van der Waals surface area contributed by atoms with Crippen LogP contribution in [-0.2, 0) is 39.2 Å². The molecule has 1 aromatic heterocycles. The number of carbonyl (C=O) groups is 1. The molecule has 0 spiro atoms. The molecule has 2 N–H and O–H groups in total. The Balaban J connectivity index is 0.980. The van der Waals surface area contributed by atoms with E-state index in [-0.39, 0.29) is 28.5 Å². The number of rotatable bonds is 19. The van der Waals surface area contributed by atoms with Gasteiger partial charge in [0.25, 0.3) is 19.9 Å². The van der Waals surface area contributed by atoms with Crippen LogP contribution in [0.1, 0.15) is 44.8 Å². The molecule has 2 fully saturated rings. The quantitative estimate of drug-likeness (QED) is 0.0447. The van der Waals surface area contributed by atoms with Crippen molar-refractivity contribution in [3.8, 4) is 22.4 Å². The van der Waals surface area contributed by atoms with E-state index in [0.717, 1.165) is 23.3 Å². The van der Waals surface area contributed by atoms with E-state index in [2.05, 4.69) is 14.9 Å². The molecule has 14 nitrogen and oxygen atoms in total. The van der Waals surface area contributed by atoms with Crippen molar-refractivity contribution in [2.24, 2.45) is 5.92 Å². The second-order valence-electron chi connectivity index (χ2n) is 19.7. The number of piperidine rings is 1. The first-order chi connectivity index (χ1) is 36.8. The van der Waals surface area contributed by atoms with Crippen LogP contribution in [0.2, 0.25) is 5.02 Å². The zero-order valence-corrected chi connectivity index (χ0v) is 47.6. The second kappa shape index (κ2) is 23.9. The third-order valence-electron chi connectivity index (χ3n) is 14.0. The number of nitrogens with zero attached hydrogens (tertiary/aromatic N) is 4. The zero-order chi connectivity index (χ0) is 56.3. The summed E-state index contributed by atoms with van der Waals surface area (Å²) in [5.41, 5.74) is -2.20. The number of carbonyl (C=O) groups excluding carboxylic acids is 1. The van der Waals surface area contributed by atoms with Gasteiger partial charge in [-0.15, -0.1) is 11.8 Å². The topological polar surface area (TPSA) is 167 Å². The molecule has 23 heteroatoms. The normalized spacial score (nSPS) is 15.6. The molecule has 0 unspecified atom stereocenters. The van der Waals surface area contributed by atoms with E-state index in [1.165, 1.54) is 43.1 Å². The van der Waals surface area contributed by atoms with Crippen molar-refractivity contribution < 1.29 is 52.3 Å². The number of likely N-dealkylation sites (tertiary alicyclic amines) is 1. The number of alkyl halides is 3. The molecule has 0 saturated carbocycles. The molecule has 2 saturated heterocycles. The molecule has 418 valence electrons. The number of hydrogen-bond donors (Lipinski definition) is 2. The van der Waals surface area contributed by atoms with Gasteiger partial charge in [0, 0.05) is 95.1 Å². The van der Waals surface area contributed by atoms with Crippen molar-refractivity contribution in [3.63, 3.8) is 0 Å². The molecule has 5 aromatic carbocycles. The summed E-state index contributed by atoms with van der Waals surface area (Å²) in [6, 6.07) is 29.1. The fourth-order valence-corrected chi connectivity index (χ4v) is 14.6. The first kappa shape index (κ1) is 58.4. The molecule has 78 heavy (non-hydrogen) atoms. The molecule has 1 atom stereocenters. The predicted octanol–water partition coefficient (Wildman–Crippen LogP) is 11.2. The molecule has 6 aromatic rings.